The highest BCUT2D eigenvalue weighted by Crippen LogP contribution is 2.33. The first-order chi connectivity index (χ1) is 12.4. The van der Waals surface area contributed by atoms with Crippen molar-refractivity contribution in [1.82, 2.24) is 24.4 Å². The minimum Gasteiger partial charge on any atom is -0.390 e. The number of fused-ring (bicyclic) bond motifs is 1. The summed E-state index contributed by atoms with van der Waals surface area (Å²) in [4.78, 5) is 4.44. The Morgan fingerprint density at radius 1 is 1.15 bits per heavy atom. The number of imidazole rings is 1. The van der Waals surface area contributed by atoms with Crippen LogP contribution in [0.1, 0.15) is 39.5 Å². The summed E-state index contributed by atoms with van der Waals surface area (Å²) < 4.78 is 3.64. The SMILES string of the molecule is Cn1cc(-c2cnc3ccc(NC4CCC(C(C)(C)O)CC4)nn23)cn1. The lowest BCUT2D eigenvalue weighted by Crippen LogP contribution is -2.37. The van der Waals surface area contributed by atoms with Crippen LogP contribution in [0.2, 0.25) is 0 Å². The zero-order valence-corrected chi connectivity index (χ0v) is 15.6. The van der Waals surface area contributed by atoms with E-state index in [1.165, 1.54) is 0 Å². The number of hydrogen-bond acceptors (Lipinski definition) is 5. The van der Waals surface area contributed by atoms with Gasteiger partial charge < -0.3 is 10.4 Å². The van der Waals surface area contributed by atoms with Gasteiger partial charge in [-0.15, -0.1) is 5.10 Å². The Bertz CT molecular complexity index is 898. The topological polar surface area (TPSA) is 80.3 Å². The Labute approximate surface area is 153 Å². The molecule has 0 unspecified atom stereocenters. The van der Waals surface area contributed by atoms with Crippen molar-refractivity contribution in [2.45, 2.75) is 51.2 Å². The monoisotopic (exact) mass is 354 g/mol. The minimum atomic E-state index is -0.586. The minimum absolute atomic E-state index is 0.377. The van der Waals surface area contributed by atoms with Gasteiger partial charge in [0.25, 0.3) is 0 Å². The molecule has 1 aliphatic rings. The summed E-state index contributed by atoms with van der Waals surface area (Å²) in [6.07, 6.45) is 9.79. The first kappa shape index (κ1) is 17.0. The first-order valence-corrected chi connectivity index (χ1v) is 9.23. The van der Waals surface area contributed by atoms with Crippen LogP contribution in [0.5, 0.6) is 0 Å². The van der Waals surface area contributed by atoms with Gasteiger partial charge in [0.15, 0.2) is 5.65 Å². The molecule has 138 valence electrons. The molecular formula is C19H26N6O. The van der Waals surface area contributed by atoms with Crippen molar-refractivity contribution in [2.75, 3.05) is 5.32 Å². The number of hydrogen-bond donors (Lipinski definition) is 2. The average Bonchev–Trinajstić information content (AvgIpc) is 3.20. The molecule has 0 saturated heterocycles. The molecule has 1 fully saturated rings. The summed E-state index contributed by atoms with van der Waals surface area (Å²) in [6.45, 7) is 3.83. The quantitative estimate of drug-likeness (QED) is 0.753. The summed E-state index contributed by atoms with van der Waals surface area (Å²) in [5.41, 5.74) is 2.16. The van der Waals surface area contributed by atoms with E-state index in [1.54, 1.807) is 4.68 Å². The maximum atomic E-state index is 10.2. The number of aliphatic hydroxyl groups is 1. The third kappa shape index (κ3) is 3.31. The zero-order chi connectivity index (χ0) is 18.3. The van der Waals surface area contributed by atoms with Crippen LogP contribution >= 0.6 is 0 Å². The van der Waals surface area contributed by atoms with Crippen LogP contribution in [0.4, 0.5) is 5.82 Å². The normalized spacial score (nSPS) is 21.2. The van der Waals surface area contributed by atoms with Gasteiger partial charge in [0.2, 0.25) is 0 Å². The van der Waals surface area contributed by atoms with Crippen LogP contribution in [0.3, 0.4) is 0 Å². The van der Waals surface area contributed by atoms with Crippen LogP contribution in [0.15, 0.2) is 30.7 Å². The summed E-state index contributed by atoms with van der Waals surface area (Å²) >= 11 is 0. The fraction of sp³-hybridized carbons (Fsp3) is 0.526. The van der Waals surface area contributed by atoms with Crippen molar-refractivity contribution in [3.05, 3.63) is 30.7 Å². The Kier molecular flexibility index (Phi) is 4.19. The second kappa shape index (κ2) is 6.39. The molecule has 1 aliphatic carbocycles. The van der Waals surface area contributed by atoms with Crippen molar-refractivity contribution < 1.29 is 5.11 Å². The molecule has 3 aromatic rings. The average molecular weight is 354 g/mol. The molecule has 7 nitrogen and oxygen atoms in total. The predicted octanol–water partition coefficient (Wildman–Crippen LogP) is 2.87. The Balaban J connectivity index is 1.51. The van der Waals surface area contributed by atoms with Gasteiger partial charge in [-0.25, -0.2) is 9.50 Å². The van der Waals surface area contributed by atoms with Gasteiger partial charge in [0.1, 0.15) is 5.82 Å². The van der Waals surface area contributed by atoms with Gasteiger partial charge in [0.05, 0.1) is 23.7 Å². The Morgan fingerprint density at radius 3 is 2.58 bits per heavy atom. The van der Waals surface area contributed by atoms with E-state index in [-0.39, 0.29) is 0 Å². The number of nitrogens with one attached hydrogen (secondary N) is 1. The van der Waals surface area contributed by atoms with Crippen molar-refractivity contribution in [3.8, 4) is 11.3 Å². The van der Waals surface area contributed by atoms with Gasteiger partial charge in [-0.05, 0) is 57.6 Å². The third-order valence-corrected chi connectivity index (χ3v) is 5.44. The van der Waals surface area contributed by atoms with E-state index in [4.69, 9.17) is 5.10 Å². The molecule has 0 aromatic carbocycles. The Morgan fingerprint density at radius 2 is 1.92 bits per heavy atom. The molecule has 3 aromatic heterocycles. The lowest BCUT2D eigenvalue weighted by Gasteiger charge is -2.36. The van der Waals surface area contributed by atoms with Crippen molar-refractivity contribution in [1.29, 1.82) is 0 Å². The highest BCUT2D eigenvalue weighted by molar-refractivity contribution is 5.62. The zero-order valence-electron chi connectivity index (χ0n) is 15.6. The molecule has 0 atom stereocenters. The fourth-order valence-electron chi connectivity index (χ4n) is 3.85. The number of nitrogens with zero attached hydrogens (tertiary/aromatic N) is 5. The number of rotatable bonds is 4. The number of anilines is 1. The lowest BCUT2D eigenvalue weighted by atomic mass is 9.77. The molecule has 4 rings (SSSR count). The van der Waals surface area contributed by atoms with Crippen LogP contribution < -0.4 is 5.32 Å². The second-order valence-corrected chi connectivity index (χ2v) is 7.88. The molecule has 2 N–H and O–H groups in total. The van der Waals surface area contributed by atoms with Crippen molar-refractivity contribution in [3.63, 3.8) is 0 Å². The van der Waals surface area contributed by atoms with E-state index in [9.17, 15) is 5.11 Å². The van der Waals surface area contributed by atoms with Gasteiger partial charge in [-0.3, -0.25) is 4.68 Å². The van der Waals surface area contributed by atoms with Crippen LogP contribution in [-0.4, -0.2) is 41.1 Å². The number of aryl methyl sites for hydroxylation is 1. The van der Waals surface area contributed by atoms with E-state index in [1.807, 2.05) is 56.1 Å². The molecule has 26 heavy (non-hydrogen) atoms. The summed E-state index contributed by atoms with van der Waals surface area (Å²) in [6, 6.07) is 4.36. The standard InChI is InChI=1S/C19H26N6O/c1-19(2,26)14-4-6-15(7-5-14)22-17-8-9-18-20-11-16(25(18)23-17)13-10-21-24(3)12-13/h8-12,14-15,26H,4-7H2,1-3H3,(H,22,23). The molecule has 1 saturated carbocycles. The second-order valence-electron chi connectivity index (χ2n) is 7.88. The smallest absolute Gasteiger partial charge is 0.154 e. The largest absolute Gasteiger partial charge is 0.390 e. The molecule has 3 heterocycles. The lowest BCUT2D eigenvalue weighted by molar-refractivity contribution is -0.000405. The van der Waals surface area contributed by atoms with Crippen LogP contribution in [-0.2, 0) is 7.05 Å². The molecule has 0 amide bonds. The van der Waals surface area contributed by atoms with E-state index < -0.39 is 5.60 Å². The van der Waals surface area contributed by atoms with Crippen molar-refractivity contribution >= 4 is 11.5 Å². The number of aromatic nitrogens is 5. The molecule has 0 spiro atoms. The van der Waals surface area contributed by atoms with Gasteiger partial charge >= 0.3 is 0 Å². The van der Waals surface area contributed by atoms with Crippen molar-refractivity contribution in [2.24, 2.45) is 13.0 Å². The summed E-state index contributed by atoms with van der Waals surface area (Å²) in [5.74, 6) is 1.23. The molecule has 0 bridgehead atoms. The Hall–Kier alpha value is -2.41. The van der Waals surface area contributed by atoms with Crippen LogP contribution in [0.25, 0.3) is 16.9 Å². The van der Waals surface area contributed by atoms with E-state index >= 15 is 0 Å². The van der Waals surface area contributed by atoms with Crippen LogP contribution in [0, 0.1) is 5.92 Å². The van der Waals surface area contributed by atoms with E-state index in [0.717, 1.165) is 48.4 Å². The van der Waals surface area contributed by atoms with E-state index in [2.05, 4.69) is 15.4 Å². The predicted molar refractivity (Wildman–Crippen MR) is 101 cm³/mol. The fourth-order valence-corrected chi connectivity index (χ4v) is 3.85. The molecule has 0 radical (unpaired) electrons. The highest BCUT2D eigenvalue weighted by Gasteiger charge is 2.31. The third-order valence-electron chi connectivity index (χ3n) is 5.44. The van der Waals surface area contributed by atoms with Gasteiger partial charge in [0, 0.05) is 24.8 Å². The van der Waals surface area contributed by atoms with Gasteiger partial charge in [-0.1, -0.05) is 0 Å². The maximum absolute atomic E-state index is 10.2. The maximum Gasteiger partial charge on any atom is 0.154 e. The molecule has 0 aliphatic heterocycles. The first-order valence-electron chi connectivity index (χ1n) is 9.23. The molecular weight excluding hydrogens is 328 g/mol. The highest BCUT2D eigenvalue weighted by atomic mass is 16.3. The summed E-state index contributed by atoms with van der Waals surface area (Å²) in [7, 11) is 1.90. The van der Waals surface area contributed by atoms with Gasteiger partial charge in [-0.2, -0.15) is 5.10 Å². The molecule has 7 heteroatoms. The summed E-state index contributed by atoms with van der Waals surface area (Å²) in [5, 5.41) is 22.7. The van der Waals surface area contributed by atoms with E-state index in [0.29, 0.717) is 12.0 Å².